The Bertz CT molecular complexity index is 320. The standard InChI is InChI=1S/C10H16N4O/c1-2-11-10(8-7-12-14-13-8)9-5-3-4-6-15-9/h5,7,10-11H,2-4,6H2,1H3,(H,12,13,14). The number of nitrogens with zero attached hydrogens (tertiary/aromatic N) is 2. The van der Waals surface area contributed by atoms with E-state index in [2.05, 4.69) is 33.7 Å². The quantitative estimate of drug-likeness (QED) is 0.779. The van der Waals surface area contributed by atoms with Gasteiger partial charge in [0.2, 0.25) is 0 Å². The second-order valence-corrected chi connectivity index (χ2v) is 3.48. The van der Waals surface area contributed by atoms with Gasteiger partial charge in [-0.05, 0) is 25.5 Å². The molecule has 5 nitrogen and oxygen atoms in total. The van der Waals surface area contributed by atoms with Gasteiger partial charge in [0.05, 0.1) is 12.8 Å². The Labute approximate surface area is 88.9 Å². The van der Waals surface area contributed by atoms with Gasteiger partial charge in [-0.25, -0.2) is 0 Å². The molecule has 15 heavy (non-hydrogen) atoms. The molecule has 1 aliphatic heterocycles. The monoisotopic (exact) mass is 208 g/mol. The normalized spacial score (nSPS) is 18.1. The molecular formula is C10H16N4O. The SMILES string of the molecule is CCNC(C1=CCCCO1)c1cn[nH]n1. The molecule has 0 radical (unpaired) electrons. The van der Waals surface area contributed by atoms with Crippen LogP contribution in [0.4, 0.5) is 0 Å². The summed E-state index contributed by atoms with van der Waals surface area (Å²) < 4.78 is 5.63. The minimum absolute atomic E-state index is 0.0362. The van der Waals surface area contributed by atoms with Crippen LogP contribution in [0.5, 0.6) is 0 Å². The van der Waals surface area contributed by atoms with Crippen molar-refractivity contribution in [3.05, 3.63) is 23.7 Å². The number of nitrogens with one attached hydrogen (secondary N) is 2. The van der Waals surface area contributed by atoms with Crippen LogP contribution in [0.2, 0.25) is 0 Å². The smallest absolute Gasteiger partial charge is 0.115 e. The molecule has 0 spiro atoms. The predicted octanol–water partition coefficient (Wildman–Crippen LogP) is 1.15. The maximum atomic E-state index is 5.63. The largest absolute Gasteiger partial charge is 0.496 e. The van der Waals surface area contributed by atoms with E-state index in [0.717, 1.165) is 37.4 Å². The van der Waals surface area contributed by atoms with Crippen LogP contribution in [0.25, 0.3) is 0 Å². The number of aromatic amines is 1. The van der Waals surface area contributed by atoms with Gasteiger partial charge in [-0.3, -0.25) is 0 Å². The van der Waals surface area contributed by atoms with Gasteiger partial charge in [0.25, 0.3) is 0 Å². The molecule has 1 unspecified atom stereocenters. The maximum Gasteiger partial charge on any atom is 0.115 e. The summed E-state index contributed by atoms with van der Waals surface area (Å²) in [5, 5.41) is 13.9. The number of likely N-dealkylation sites (N-methyl/N-ethyl adjacent to an activating group) is 1. The molecule has 1 aromatic heterocycles. The number of hydrogen-bond donors (Lipinski definition) is 2. The molecule has 0 bridgehead atoms. The Morgan fingerprint density at radius 2 is 2.60 bits per heavy atom. The van der Waals surface area contributed by atoms with Crippen molar-refractivity contribution in [3.63, 3.8) is 0 Å². The molecule has 82 valence electrons. The van der Waals surface area contributed by atoms with Crippen LogP contribution >= 0.6 is 0 Å². The Kier molecular flexibility index (Phi) is 3.34. The lowest BCUT2D eigenvalue weighted by Gasteiger charge is -2.22. The topological polar surface area (TPSA) is 62.8 Å². The molecule has 2 N–H and O–H groups in total. The number of ether oxygens (including phenoxy) is 1. The molecule has 0 amide bonds. The van der Waals surface area contributed by atoms with Crippen molar-refractivity contribution in [1.82, 2.24) is 20.7 Å². The summed E-state index contributed by atoms with van der Waals surface area (Å²) in [4.78, 5) is 0. The highest BCUT2D eigenvalue weighted by molar-refractivity contribution is 5.16. The molecule has 1 aromatic rings. The molecule has 1 aliphatic rings. The summed E-state index contributed by atoms with van der Waals surface area (Å²) in [5.41, 5.74) is 0.880. The third-order valence-electron chi connectivity index (χ3n) is 2.38. The van der Waals surface area contributed by atoms with Crippen molar-refractivity contribution >= 4 is 0 Å². The highest BCUT2D eigenvalue weighted by atomic mass is 16.5. The first-order valence-corrected chi connectivity index (χ1v) is 5.33. The van der Waals surface area contributed by atoms with E-state index in [9.17, 15) is 0 Å². The highest BCUT2D eigenvalue weighted by Gasteiger charge is 2.20. The third-order valence-corrected chi connectivity index (χ3v) is 2.38. The van der Waals surface area contributed by atoms with E-state index >= 15 is 0 Å². The fourth-order valence-electron chi connectivity index (χ4n) is 1.68. The molecule has 2 rings (SSSR count). The number of rotatable bonds is 4. The lowest BCUT2D eigenvalue weighted by atomic mass is 10.1. The molecule has 2 heterocycles. The van der Waals surface area contributed by atoms with Gasteiger partial charge in [0.15, 0.2) is 0 Å². The van der Waals surface area contributed by atoms with Gasteiger partial charge >= 0.3 is 0 Å². The van der Waals surface area contributed by atoms with Crippen LogP contribution in [-0.2, 0) is 4.74 Å². The first-order chi connectivity index (χ1) is 7.42. The van der Waals surface area contributed by atoms with Crippen LogP contribution in [0.1, 0.15) is 31.5 Å². The Balaban J connectivity index is 2.15. The second kappa shape index (κ2) is 4.93. The number of hydrogen-bond acceptors (Lipinski definition) is 4. The van der Waals surface area contributed by atoms with Crippen LogP contribution in [0.15, 0.2) is 18.0 Å². The average Bonchev–Trinajstić information content (AvgIpc) is 2.80. The Hall–Kier alpha value is -1.36. The van der Waals surface area contributed by atoms with Crippen molar-refractivity contribution in [1.29, 1.82) is 0 Å². The minimum atomic E-state index is 0.0362. The summed E-state index contributed by atoms with van der Waals surface area (Å²) in [7, 11) is 0. The van der Waals surface area contributed by atoms with E-state index < -0.39 is 0 Å². The summed E-state index contributed by atoms with van der Waals surface area (Å²) >= 11 is 0. The zero-order chi connectivity index (χ0) is 10.5. The van der Waals surface area contributed by atoms with E-state index in [-0.39, 0.29) is 6.04 Å². The molecule has 0 aliphatic carbocycles. The van der Waals surface area contributed by atoms with Gasteiger partial charge in [-0.2, -0.15) is 15.4 Å². The summed E-state index contributed by atoms with van der Waals surface area (Å²) in [6.45, 7) is 3.74. The van der Waals surface area contributed by atoms with E-state index in [1.54, 1.807) is 6.20 Å². The van der Waals surface area contributed by atoms with Gasteiger partial charge in [-0.15, -0.1) is 0 Å². The van der Waals surface area contributed by atoms with Crippen molar-refractivity contribution in [2.24, 2.45) is 0 Å². The summed E-state index contributed by atoms with van der Waals surface area (Å²) in [6.07, 6.45) is 6.04. The zero-order valence-electron chi connectivity index (χ0n) is 8.86. The first-order valence-electron chi connectivity index (χ1n) is 5.33. The molecule has 0 saturated carbocycles. The van der Waals surface area contributed by atoms with Crippen LogP contribution in [-0.4, -0.2) is 28.6 Å². The number of allylic oxidation sites excluding steroid dienone is 1. The van der Waals surface area contributed by atoms with Gasteiger partial charge in [-0.1, -0.05) is 6.92 Å². The van der Waals surface area contributed by atoms with Crippen LogP contribution in [0, 0.1) is 0 Å². The summed E-state index contributed by atoms with van der Waals surface area (Å²) in [5.74, 6) is 0.969. The van der Waals surface area contributed by atoms with Gasteiger partial charge in [0, 0.05) is 0 Å². The molecule has 0 fully saturated rings. The average molecular weight is 208 g/mol. The molecule has 0 saturated heterocycles. The molecule has 0 aromatic carbocycles. The van der Waals surface area contributed by atoms with E-state index in [4.69, 9.17) is 4.74 Å². The zero-order valence-corrected chi connectivity index (χ0v) is 8.86. The van der Waals surface area contributed by atoms with Crippen molar-refractivity contribution in [3.8, 4) is 0 Å². The van der Waals surface area contributed by atoms with Crippen LogP contribution < -0.4 is 5.32 Å². The number of aromatic nitrogens is 3. The van der Waals surface area contributed by atoms with E-state index in [1.807, 2.05) is 0 Å². The molecular weight excluding hydrogens is 192 g/mol. The third kappa shape index (κ3) is 2.36. The minimum Gasteiger partial charge on any atom is -0.496 e. The lowest BCUT2D eigenvalue weighted by molar-refractivity contribution is 0.167. The fourth-order valence-corrected chi connectivity index (χ4v) is 1.68. The molecule has 1 atom stereocenters. The second-order valence-electron chi connectivity index (χ2n) is 3.48. The maximum absolute atomic E-state index is 5.63. The van der Waals surface area contributed by atoms with Gasteiger partial charge < -0.3 is 10.1 Å². The van der Waals surface area contributed by atoms with Crippen LogP contribution in [0.3, 0.4) is 0 Å². The van der Waals surface area contributed by atoms with Crippen molar-refractivity contribution in [2.75, 3.05) is 13.2 Å². The van der Waals surface area contributed by atoms with Crippen molar-refractivity contribution in [2.45, 2.75) is 25.8 Å². The first kappa shape index (κ1) is 10.2. The molecule has 5 heteroatoms. The van der Waals surface area contributed by atoms with Crippen molar-refractivity contribution < 1.29 is 4.74 Å². The lowest BCUT2D eigenvalue weighted by Crippen LogP contribution is -2.25. The summed E-state index contributed by atoms with van der Waals surface area (Å²) in [6, 6.07) is 0.0362. The number of H-pyrrole nitrogens is 1. The Morgan fingerprint density at radius 3 is 3.20 bits per heavy atom. The highest BCUT2D eigenvalue weighted by Crippen LogP contribution is 2.23. The van der Waals surface area contributed by atoms with Gasteiger partial charge in [0.1, 0.15) is 17.5 Å². The van der Waals surface area contributed by atoms with E-state index in [0.29, 0.717) is 0 Å². The van der Waals surface area contributed by atoms with E-state index in [1.165, 1.54) is 0 Å². The predicted molar refractivity (Wildman–Crippen MR) is 56.1 cm³/mol. The fraction of sp³-hybridized carbons (Fsp3) is 0.600. The Morgan fingerprint density at radius 1 is 1.67 bits per heavy atom.